The zero-order valence-electron chi connectivity index (χ0n) is 19.3. The fourth-order valence-electron chi connectivity index (χ4n) is 3.78. The van der Waals surface area contributed by atoms with Crippen LogP contribution in [0.25, 0.3) is 10.9 Å². The number of halogens is 4. The molecule has 0 atom stereocenters. The molecular formula is C22H17ClF3N9O2. The van der Waals surface area contributed by atoms with E-state index in [0.717, 1.165) is 15.2 Å². The second-order valence-corrected chi connectivity index (χ2v) is 8.59. The molecule has 3 aromatic heterocycles. The maximum atomic E-state index is 14.5. The van der Waals surface area contributed by atoms with E-state index in [1.807, 2.05) is 0 Å². The maximum Gasteiger partial charge on any atom is 0.355 e. The number of aryl methyl sites for hydroxylation is 2. The van der Waals surface area contributed by atoms with E-state index in [1.165, 1.54) is 11.0 Å². The molecule has 3 heterocycles. The van der Waals surface area contributed by atoms with E-state index in [0.29, 0.717) is 17.0 Å². The van der Waals surface area contributed by atoms with Crippen LogP contribution in [-0.4, -0.2) is 38.7 Å². The molecule has 0 amide bonds. The Hall–Kier alpha value is -4.46. The minimum absolute atomic E-state index is 0.142. The molecule has 0 fully saturated rings. The summed E-state index contributed by atoms with van der Waals surface area (Å²) in [6, 6.07) is 4.32. The highest BCUT2D eigenvalue weighted by Gasteiger charge is 2.20. The van der Waals surface area contributed by atoms with Gasteiger partial charge in [-0.2, -0.15) is 15.2 Å². The van der Waals surface area contributed by atoms with Crippen LogP contribution in [0, 0.1) is 17.5 Å². The molecule has 15 heteroatoms. The van der Waals surface area contributed by atoms with Crippen molar-refractivity contribution in [1.29, 1.82) is 0 Å². The molecule has 2 aromatic carbocycles. The Morgan fingerprint density at radius 1 is 0.973 bits per heavy atom. The molecule has 11 nitrogen and oxygen atoms in total. The molecule has 0 unspecified atom stereocenters. The second-order valence-electron chi connectivity index (χ2n) is 8.19. The predicted molar refractivity (Wildman–Crippen MR) is 127 cm³/mol. The standard InChI is InChI=1S/C22H17ClF3N9O2/c1-32-7-11-4-17(14(23)6-16(11)30-32)28-20-29-21(36)35(9-18-27-10-33(2)31-18)22(37)34(20)8-12-3-13(24)5-15(25)19(12)26/h3-7,10H,8-9H2,1-2H3,(H,28,29,36). The molecule has 37 heavy (non-hydrogen) atoms. The molecule has 1 N–H and O–H groups in total. The Morgan fingerprint density at radius 3 is 2.49 bits per heavy atom. The van der Waals surface area contributed by atoms with Gasteiger partial charge in [-0.25, -0.2) is 32.3 Å². The summed E-state index contributed by atoms with van der Waals surface area (Å²) in [6.45, 7) is -0.995. The van der Waals surface area contributed by atoms with E-state index in [9.17, 15) is 22.8 Å². The number of benzene rings is 2. The Kier molecular flexibility index (Phi) is 6.03. The number of fused-ring (bicyclic) bond motifs is 1. The van der Waals surface area contributed by atoms with Crippen LogP contribution in [0.2, 0.25) is 5.02 Å². The molecule has 5 aromatic rings. The van der Waals surface area contributed by atoms with E-state index in [2.05, 4.69) is 25.5 Å². The summed E-state index contributed by atoms with van der Waals surface area (Å²) in [5.74, 6) is -4.00. The maximum absolute atomic E-state index is 14.5. The number of aromatic nitrogens is 8. The Balaban J connectivity index is 1.65. The van der Waals surface area contributed by atoms with Gasteiger partial charge in [0.25, 0.3) is 0 Å². The van der Waals surface area contributed by atoms with Crippen LogP contribution < -0.4 is 16.7 Å². The highest BCUT2D eigenvalue weighted by molar-refractivity contribution is 6.34. The largest absolute Gasteiger partial charge is 0.355 e. The first-order valence-corrected chi connectivity index (χ1v) is 11.1. The van der Waals surface area contributed by atoms with E-state index < -0.39 is 40.9 Å². The van der Waals surface area contributed by atoms with Crippen LogP contribution in [0.5, 0.6) is 0 Å². The molecule has 0 saturated carbocycles. The van der Waals surface area contributed by atoms with E-state index >= 15 is 0 Å². The van der Waals surface area contributed by atoms with Gasteiger partial charge < -0.3 is 5.32 Å². The molecule has 0 aliphatic heterocycles. The average molecular weight is 532 g/mol. The number of nitrogens with one attached hydrogen (secondary N) is 1. The summed E-state index contributed by atoms with van der Waals surface area (Å²) in [5, 5.41) is 12.0. The van der Waals surface area contributed by atoms with Gasteiger partial charge >= 0.3 is 11.4 Å². The lowest BCUT2D eigenvalue weighted by atomic mass is 10.2. The van der Waals surface area contributed by atoms with Gasteiger partial charge in [0.1, 0.15) is 12.1 Å². The molecular weight excluding hydrogens is 515 g/mol. The van der Waals surface area contributed by atoms with Gasteiger partial charge in [0.2, 0.25) is 5.95 Å². The van der Waals surface area contributed by atoms with Gasteiger partial charge in [0.15, 0.2) is 17.5 Å². The fourth-order valence-corrected chi connectivity index (χ4v) is 3.99. The number of hydrogen-bond acceptors (Lipinski definition) is 7. The van der Waals surface area contributed by atoms with Crippen LogP contribution in [-0.2, 0) is 27.2 Å². The van der Waals surface area contributed by atoms with E-state index in [4.69, 9.17) is 11.6 Å². The number of rotatable bonds is 6. The van der Waals surface area contributed by atoms with Gasteiger partial charge in [0, 0.05) is 37.3 Å². The third-order valence-corrected chi connectivity index (χ3v) is 5.76. The Morgan fingerprint density at radius 2 is 1.76 bits per heavy atom. The van der Waals surface area contributed by atoms with Gasteiger partial charge in [-0.05, 0) is 18.2 Å². The first-order valence-electron chi connectivity index (χ1n) is 10.7. The minimum atomic E-state index is -1.43. The van der Waals surface area contributed by atoms with Crippen molar-refractivity contribution in [2.24, 2.45) is 14.1 Å². The van der Waals surface area contributed by atoms with E-state index in [1.54, 1.807) is 37.1 Å². The summed E-state index contributed by atoms with van der Waals surface area (Å²) in [4.78, 5) is 34.2. The molecule has 0 bridgehead atoms. The molecule has 0 radical (unpaired) electrons. The highest BCUT2D eigenvalue weighted by atomic mass is 35.5. The lowest BCUT2D eigenvalue weighted by molar-refractivity contribution is 0.477. The first-order chi connectivity index (χ1) is 17.6. The second kappa shape index (κ2) is 9.20. The smallest absolute Gasteiger partial charge is 0.324 e. The van der Waals surface area contributed by atoms with Crippen molar-refractivity contribution in [1.82, 2.24) is 38.7 Å². The summed E-state index contributed by atoms with van der Waals surface area (Å²) >= 11 is 6.37. The molecule has 0 saturated heterocycles. The monoisotopic (exact) mass is 531 g/mol. The van der Waals surface area contributed by atoms with Crippen LogP contribution >= 0.6 is 11.6 Å². The topological polar surface area (TPSA) is 117 Å². The van der Waals surface area contributed by atoms with Crippen molar-refractivity contribution in [3.63, 3.8) is 0 Å². The van der Waals surface area contributed by atoms with Crippen molar-refractivity contribution in [3.8, 4) is 0 Å². The van der Waals surface area contributed by atoms with Gasteiger partial charge in [-0.15, -0.1) is 0 Å². The van der Waals surface area contributed by atoms with Crippen LogP contribution in [0.1, 0.15) is 11.4 Å². The zero-order valence-corrected chi connectivity index (χ0v) is 20.0. The number of anilines is 2. The lowest BCUT2D eigenvalue weighted by Crippen LogP contribution is -2.43. The first kappa shape index (κ1) is 24.2. The van der Waals surface area contributed by atoms with Gasteiger partial charge in [-0.3, -0.25) is 13.9 Å². The van der Waals surface area contributed by atoms with E-state index in [-0.39, 0.29) is 29.0 Å². The van der Waals surface area contributed by atoms with Crippen molar-refractivity contribution in [3.05, 3.63) is 91.6 Å². The molecule has 190 valence electrons. The summed E-state index contributed by atoms with van der Waals surface area (Å²) < 4.78 is 46.8. The molecule has 0 aliphatic carbocycles. The van der Waals surface area contributed by atoms with Gasteiger partial charge in [-0.1, -0.05) is 11.6 Å². The van der Waals surface area contributed by atoms with Crippen molar-refractivity contribution >= 4 is 34.1 Å². The quantitative estimate of drug-likeness (QED) is 0.334. The third kappa shape index (κ3) is 4.70. The molecule has 0 spiro atoms. The summed E-state index contributed by atoms with van der Waals surface area (Å²) in [7, 11) is 3.33. The summed E-state index contributed by atoms with van der Waals surface area (Å²) in [5.41, 5.74) is -1.52. The van der Waals surface area contributed by atoms with Gasteiger partial charge in [0.05, 0.1) is 29.3 Å². The summed E-state index contributed by atoms with van der Waals surface area (Å²) in [6.07, 6.45) is 3.10. The average Bonchev–Trinajstić information content (AvgIpc) is 3.40. The van der Waals surface area contributed by atoms with Crippen molar-refractivity contribution < 1.29 is 13.2 Å². The van der Waals surface area contributed by atoms with Crippen LogP contribution in [0.4, 0.5) is 24.8 Å². The Bertz CT molecular complexity index is 1790. The SMILES string of the molecule is Cn1cnc(Cn2c(=O)nc(Nc3cc4cn(C)nc4cc3Cl)n(Cc3cc(F)cc(F)c3F)c2=O)n1. The van der Waals surface area contributed by atoms with Crippen LogP contribution in [0.15, 0.2) is 46.4 Å². The Labute approximate surface area is 210 Å². The highest BCUT2D eigenvalue weighted by Crippen LogP contribution is 2.29. The van der Waals surface area contributed by atoms with Crippen molar-refractivity contribution in [2.45, 2.75) is 13.1 Å². The minimum Gasteiger partial charge on any atom is -0.324 e. The normalized spacial score (nSPS) is 11.4. The molecule has 5 rings (SSSR count). The van der Waals surface area contributed by atoms with Crippen LogP contribution in [0.3, 0.4) is 0 Å². The zero-order chi connectivity index (χ0) is 26.4. The fraction of sp³-hybridized carbons (Fsp3) is 0.182. The third-order valence-electron chi connectivity index (χ3n) is 5.45. The van der Waals surface area contributed by atoms with Crippen molar-refractivity contribution in [2.75, 3.05) is 5.32 Å². The molecule has 0 aliphatic rings. The lowest BCUT2D eigenvalue weighted by Gasteiger charge is -2.16. The predicted octanol–water partition coefficient (Wildman–Crippen LogP) is 2.33. The number of nitrogens with zero attached hydrogens (tertiary/aromatic N) is 8. The number of hydrogen-bond donors (Lipinski definition) is 1.